The van der Waals surface area contributed by atoms with Gasteiger partial charge in [0.15, 0.2) is 18.9 Å². The van der Waals surface area contributed by atoms with E-state index in [4.69, 9.17) is 23.7 Å². The Bertz CT molecular complexity index is 519. The number of rotatable bonds is 6. The number of hydrogen-bond acceptors (Lipinski definition) is 10. The molecule has 0 aliphatic carbocycles. The first-order valence-corrected chi connectivity index (χ1v) is 8.53. The standard InChI is InChI=1S/C16H27NO10/c1-6-13(23-3)11(21)12(22)16(25-6)27-14-9(17-7(2)19)15(24-4)26-8(5-18)10(14)20/h5-6,8-16,20-22H,1-4H3,(H,17,19). The Labute approximate surface area is 156 Å². The molecular formula is C16H27NO10. The second-order valence-corrected chi connectivity index (χ2v) is 6.55. The second kappa shape index (κ2) is 9.34. The molecular weight excluding hydrogens is 366 g/mol. The fourth-order valence-electron chi connectivity index (χ4n) is 3.34. The number of aldehydes is 1. The first kappa shape index (κ1) is 22.1. The van der Waals surface area contributed by atoms with Gasteiger partial charge in [-0.3, -0.25) is 4.79 Å². The van der Waals surface area contributed by atoms with Crippen LogP contribution in [0.5, 0.6) is 0 Å². The molecule has 2 aliphatic heterocycles. The number of amides is 1. The number of methoxy groups -OCH3 is 2. The molecule has 0 bridgehead atoms. The molecule has 0 aromatic rings. The zero-order valence-corrected chi connectivity index (χ0v) is 15.6. The van der Waals surface area contributed by atoms with E-state index in [2.05, 4.69) is 5.32 Å². The fourth-order valence-corrected chi connectivity index (χ4v) is 3.34. The maximum atomic E-state index is 11.6. The van der Waals surface area contributed by atoms with Gasteiger partial charge < -0.3 is 49.1 Å². The highest BCUT2D eigenvalue weighted by atomic mass is 16.7. The van der Waals surface area contributed by atoms with E-state index in [1.54, 1.807) is 6.92 Å². The summed E-state index contributed by atoms with van der Waals surface area (Å²) in [6.45, 7) is 2.88. The second-order valence-electron chi connectivity index (χ2n) is 6.55. The molecule has 2 fully saturated rings. The van der Waals surface area contributed by atoms with Gasteiger partial charge in [-0.25, -0.2) is 0 Å². The van der Waals surface area contributed by atoms with E-state index < -0.39 is 67.3 Å². The number of carbonyl (C=O) groups is 2. The number of aliphatic hydroxyl groups is 3. The zero-order chi connectivity index (χ0) is 20.3. The molecule has 11 heteroatoms. The maximum absolute atomic E-state index is 11.6. The molecule has 10 unspecified atom stereocenters. The third kappa shape index (κ3) is 4.63. The van der Waals surface area contributed by atoms with Crippen molar-refractivity contribution in [3.05, 3.63) is 0 Å². The van der Waals surface area contributed by atoms with Crippen LogP contribution in [0.15, 0.2) is 0 Å². The van der Waals surface area contributed by atoms with Crippen LogP contribution in [0.4, 0.5) is 0 Å². The molecule has 0 aromatic heterocycles. The number of nitrogens with one attached hydrogen (secondary N) is 1. The monoisotopic (exact) mass is 393 g/mol. The van der Waals surface area contributed by atoms with Gasteiger partial charge in [0, 0.05) is 21.1 Å². The molecule has 1 amide bonds. The molecule has 2 heterocycles. The first-order chi connectivity index (χ1) is 12.7. The SMILES string of the molecule is COC1OC(C=O)C(O)C(OC2OC(C)C(OC)C(O)C2O)C1NC(C)=O. The van der Waals surface area contributed by atoms with Crippen LogP contribution in [0.25, 0.3) is 0 Å². The minimum Gasteiger partial charge on any atom is -0.387 e. The number of ether oxygens (including phenoxy) is 5. The quantitative estimate of drug-likeness (QED) is 0.350. The summed E-state index contributed by atoms with van der Waals surface area (Å²) in [6, 6.07) is -0.998. The minimum absolute atomic E-state index is 0.383. The third-order valence-corrected chi connectivity index (χ3v) is 4.69. The lowest BCUT2D eigenvalue weighted by Gasteiger charge is -2.46. The van der Waals surface area contributed by atoms with E-state index in [-0.39, 0.29) is 0 Å². The smallest absolute Gasteiger partial charge is 0.217 e. The van der Waals surface area contributed by atoms with E-state index in [0.29, 0.717) is 6.29 Å². The Balaban J connectivity index is 2.24. The fraction of sp³-hybridized carbons (Fsp3) is 0.875. The van der Waals surface area contributed by atoms with Crippen LogP contribution in [-0.2, 0) is 33.3 Å². The highest BCUT2D eigenvalue weighted by Crippen LogP contribution is 2.29. The first-order valence-electron chi connectivity index (χ1n) is 8.53. The summed E-state index contributed by atoms with van der Waals surface area (Å²) in [5.74, 6) is -0.450. The molecule has 10 atom stereocenters. The van der Waals surface area contributed by atoms with Gasteiger partial charge in [-0.2, -0.15) is 0 Å². The van der Waals surface area contributed by atoms with Gasteiger partial charge in [0.2, 0.25) is 5.91 Å². The van der Waals surface area contributed by atoms with Crippen molar-refractivity contribution in [1.29, 1.82) is 0 Å². The predicted molar refractivity (Wildman–Crippen MR) is 87.4 cm³/mol. The van der Waals surface area contributed by atoms with Gasteiger partial charge in [-0.15, -0.1) is 0 Å². The molecule has 0 spiro atoms. The Morgan fingerprint density at radius 1 is 1.00 bits per heavy atom. The lowest BCUT2D eigenvalue weighted by atomic mass is 9.95. The molecule has 156 valence electrons. The van der Waals surface area contributed by atoms with Crippen molar-refractivity contribution in [1.82, 2.24) is 5.32 Å². The number of hydrogen-bond donors (Lipinski definition) is 4. The minimum atomic E-state index is -1.49. The Hall–Kier alpha value is -1.18. The van der Waals surface area contributed by atoms with E-state index in [1.165, 1.54) is 21.1 Å². The van der Waals surface area contributed by atoms with Crippen LogP contribution >= 0.6 is 0 Å². The van der Waals surface area contributed by atoms with Crippen LogP contribution in [0.1, 0.15) is 13.8 Å². The highest BCUT2D eigenvalue weighted by Gasteiger charge is 2.51. The molecule has 2 rings (SSSR count). The van der Waals surface area contributed by atoms with Gasteiger partial charge in [0.1, 0.15) is 42.7 Å². The molecule has 0 saturated carbocycles. The third-order valence-electron chi connectivity index (χ3n) is 4.69. The van der Waals surface area contributed by atoms with Crippen molar-refractivity contribution < 1.29 is 48.6 Å². The van der Waals surface area contributed by atoms with Crippen molar-refractivity contribution in [2.45, 2.75) is 75.2 Å². The maximum Gasteiger partial charge on any atom is 0.217 e. The van der Waals surface area contributed by atoms with Crippen LogP contribution < -0.4 is 5.32 Å². The van der Waals surface area contributed by atoms with Gasteiger partial charge in [-0.1, -0.05) is 0 Å². The Morgan fingerprint density at radius 2 is 1.67 bits per heavy atom. The predicted octanol–water partition coefficient (Wildman–Crippen LogP) is -2.71. The zero-order valence-electron chi connectivity index (χ0n) is 15.6. The largest absolute Gasteiger partial charge is 0.387 e. The van der Waals surface area contributed by atoms with Crippen molar-refractivity contribution >= 4 is 12.2 Å². The Kier molecular flexibility index (Phi) is 7.65. The Morgan fingerprint density at radius 3 is 2.19 bits per heavy atom. The van der Waals surface area contributed by atoms with Gasteiger partial charge in [-0.05, 0) is 6.92 Å². The average molecular weight is 393 g/mol. The van der Waals surface area contributed by atoms with E-state index in [1.807, 2.05) is 0 Å². The summed E-state index contributed by atoms with van der Waals surface area (Å²) < 4.78 is 26.8. The number of carbonyl (C=O) groups excluding carboxylic acids is 2. The van der Waals surface area contributed by atoms with Crippen LogP contribution in [0, 0.1) is 0 Å². The average Bonchev–Trinajstić information content (AvgIpc) is 2.62. The normalized spacial score (nSPS) is 45.3. The molecule has 0 aromatic carbocycles. The lowest BCUT2D eigenvalue weighted by molar-refractivity contribution is -0.336. The van der Waals surface area contributed by atoms with Crippen molar-refractivity contribution in [3.63, 3.8) is 0 Å². The number of aliphatic hydroxyl groups excluding tert-OH is 3. The topological polar surface area (TPSA) is 153 Å². The summed E-state index contributed by atoms with van der Waals surface area (Å²) in [5.41, 5.74) is 0. The summed E-state index contributed by atoms with van der Waals surface area (Å²) in [5, 5.41) is 33.5. The van der Waals surface area contributed by atoms with Crippen LogP contribution in [0.3, 0.4) is 0 Å². The van der Waals surface area contributed by atoms with Crippen LogP contribution in [0.2, 0.25) is 0 Å². The van der Waals surface area contributed by atoms with Gasteiger partial charge in [0.05, 0.1) is 6.10 Å². The van der Waals surface area contributed by atoms with Gasteiger partial charge in [0.25, 0.3) is 0 Å². The van der Waals surface area contributed by atoms with Crippen molar-refractivity contribution in [3.8, 4) is 0 Å². The van der Waals surface area contributed by atoms with E-state index in [0.717, 1.165) is 0 Å². The summed E-state index contributed by atoms with van der Waals surface area (Å²) in [4.78, 5) is 22.8. The van der Waals surface area contributed by atoms with Crippen molar-refractivity contribution in [2.75, 3.05) is 14.2 Å². The summed E-state index contributed by atoms with van der Waals surface area (Å²) in [7, 11) is 2.67. The molecule has 4 N–H and O–H groups in total. The highest BCUT2D eigenvalue weighted by molar-refractivity contribution is 5.73. The lowest BCUT2D eigenvalue weighted by Crippen LogP contribution is -2.67. The van der Waals surface area contributed by atoms with E-state index >= 15 is 0 Å². The molecule has 11 nitrogen and oxygen atoms in total. The van der Waals surface area contributed by atoms with E-state index in [9.17, 15) is 24.9 Å². The molecule has 2 saturated heterocycles. The molecule has 27 heavy (non-hydrogen) atoms. The van der Waals surface area contributed by atoms with Crippen molar-refractivity contribution in [2.24, 2.45) is 0 Å². The summed E-state index contributed by atoms with van der Waals surface area (Å²) in [6.07, 6.45) is -10.2. The van der Waals surface area contributed by atoms with Gasteiger partial charge >= 0.3 is 0 Å². The molecule has 0 radical (unpaired) electrons. The van der Waals surface area contributed by atoms with Crippen LogP contribution in [-0.4, -0.2) is 103 Å². The summed E-state index contributed by atoms with van der Waals surface area (Å²) >= 11 is 0. The molecule has 2 aliphatic rings.